The van der Waals surface area contributed by atoms with E-state index >= 15 is 0 Å². The maximum atomic E-state index is 5.60. The number of benzene rings is 1. The summed E-state index contributed by atoms with van der Waals surface area (Å²) >= 11 is 0. The van der Waals surface area contributed by atoms with Gasteiger partial charge in [0.15, 0.2) is 0 Å². The van der Waals surface area contributed by atoms with Crippen LogP contribution in [-0.2, 0) is 11.3 Å². The number of allylic oxidation sites excluding steroid dienone is 2. The van der Waals surface area contributed by atoms with E-state index in [1.54, 1.807) is 0 Å². The lowest BCUT2D eigenvalue weighted by Gasteiger charge is -2.04. The van der Waals surface area contributed by atoms with Gasteiger partial charge >= 0.3 is 0 Å². The van der Waals surface area contributed by atoms with E-state index < -0.39 is 0 Å². The first-order valence-electron chi connectivity index (χ1n) is 5.71. The standard InChI is InChI=1S/C15H20O/c1-3-4-8-14(2)11-12-16-13-15-9-6-5-7-10-15/h3,5-10H,1,4,11-13H2,2H3/b14-8+. The smallest absolute Gasteiger partial charge is 0.0717 e. The van der Waals surface area contributed by atoms with Crippen LogP contribution in [0.5, 0.6) is 0 Å². The molecule has 0 unspecified atom stereocenters. The minimum atomic E-state index is 0.704. The van der Waals surface area contributed by atoms with Gasteiger partial charge in [-0.05, 0) is 25.3 Å². The number of rotatable bonds is 7. The van der Waals surface area contributed by atoms with Crippen LogP contribution in [0.3, 0.4) is 0 Å². The first kappa shape index (κ1) is 12.7. The second-order valence-electron chi connectivity index (χ2n) is 3.86. The predicted molar refractivity (Wildman–Crippen MR) is 69.3 cm³/mol. The lowest BCUT2D eigenvalue weighted by molar-refractivity contribution is 0.124. The summed E-state index contributed by atoms with van der Waals surface area (Å²) in [4.78, 5) is 0. The summed E-state index contributed by atoms with van der Waals surface area (Å²) < 4.78 is 5.60. The van der Waals surface area contributed by atoms with Crippen molar-refractivity contribution >= 4 is 0 Å². The molecule has 1 aromatic carbocycles. The highest BCUT2D eigenvalue weighted by molar-refractivity contribution is 5.13. The molecule has 0 aromatic heterocycles. The van der Waals surface area contributed by atoms with Crippen LogP contribution in [-0.4, -0.2) is 6.61 Å². The van der Waals surface area contributed by atoms with Crippen molar-refractivity contribution < 1.29 is 4.74 Å². The van der Waals surface area contributed by atoms with Gasteiger partial charge in [-0.2, -0.15) is 0 Å². The molecule has 0 spiro atoms. The van der Waals surface area contributed by atoms with Gasteiger partial charge in [0.25, 0.3) is 0 Å². The molecule has 1 rings (SSSR count). The Morgan fingerprint density at radius 2 is 2.06 bits per heavy atom. The monoisotopic (exact) mass is 216 g/mol. The second-order valence-corrected chi connectivity index (χ2v) is 3.86. The van der Waals surface area contributed by atoms with Crippen LogP contribution in [0.15, 0.2) is 54.6 Å². The molecule has 0 aliphatic rings. The fourth-order valence-corrected chi connectivity index (χ4v) is 1.38. The third-order valence-corrected chi connectivity index (χ3v) is 2.39. The van der Waals surface area contributed by atoms with Crippen molar-refractivity contribution in [3.8, 4) is 0 Å². The topological polar surface area (TPSA) is 9.23 Å². The first-order valence-corrected chi connectivity index (χ1v) is 5.71. The number of hydrogen-bond acceptors (Lipinski definition) is 1. The molecule has 0 N–H and O–H groups in total. The SMILES string of the molecule is C=CC/C=C(\C)CCOCc1ccccc1. The van der Waals surface area contributed by atoms with Crippen LogP contribution < -0.4 is 0 Å². The zero-order valence-corrected chi connectivity index (χ0v) is 9.99. The Labute approximate surface area is 98.5 Å². The molecule has 0 radical (unpaired) electrons. The summed E-state index contributed by atoms with van der Waals surface area (Å²) in [6, 6.07) is 10.3. The molecule has 0 amide bonds. The Bertz CT molecular complexity index is 325. The molecule has 16 heavy (non-hydrogen) atoms. The van der Waals surface area contributed by atoms with Crippen LogP contribution in [0, 0.1) is 0 Å². The highest BCUT2D eigenvalue weighted by atomic mass is 16.5. The van der Waals surface area contributed by atoms with E-state index in [1.165, 1.54) is 11.1 Å². The number of hydrogen-bond donors (Lipinski definition) is 0. The first-order chi connectivity index (χ1) is 7.83. The Morgan fingerprint density at radius 1 is 1.31 bits per heavy atom. The van der Waals surface area contributed by atoms with Gasteiger partial charge in [0.05, 0.1) is 13.2 Å². The molecule has 0 saturated heterocycles. The molecular weight excluding hydrogens is 196 g/mol. The summed E-state index contributed by atoms with van der Waals surface area (Å²) in [6.45, 7) is 7.32. The van der Waals surface area contributed by atoms with Gasteiger partial charge in [-0.1, -0.05) is 48.1 Å². The van der Waals surface area contributed by atoms with E-state index in [1.807, 2.05) is 24.3 Å². The fourth-order valence-electron chi connectivity index (χ4n) is 1.38. The van der Waals surface area contributed by atoms with Crippen molar-refractivity contribution in [3.63, 3.8) is 0 Å². The van der Waals surface area contributed by atoms with E-state index in [9.17, 15) is 0 Å². The third-order valence-electron chi connectivity index (χ3n) is 2.39. The largest absolute Gasteiger partial charge is 0.376 e. The summed E-state index contributed by atoms with van der Waals surface area (Å²) in [5, 5.41) is 0. The Hall–Kier alpha value is -1.34. The van der Waals surface area contributed by atoms with Gasteiger partial charge < -0.3 is 4.74 Å². The fraction of sp³-hybridized carbons (Fsp3) is 0.333. The minimum Gasteiger partial charge on any atom is -0.376 e. The van der Waals surface area contributed by atoms with Crippen molar-refractivity contribution in [1.82, 2.24) is 0 Å². The minimum absolute atomic E-state index is 0.704. The molecule has 86 valence electrons. The average Bonchev–Trinajstić information content (AvgIpc) is 2.33. The molecule has 0 heterocycles. The highest BCUT2D eigenvalue weighted by Gasteiger charge is 1.93. The summed E-state index contributed by atoms with van der Waals surface area (Å²) in [7, 11) is 0. The molecule has 0 saturated carbocycles. The van der Waals surface area contributed by atoms with Crippen molar-refractivity contribution in [2.75, 3.05) is 6.61 Å². The van der Waals surface area contributed by atoms with Crippen LogP contribution in [0.4, 0.5) is 0 Å². The summed E-state index contributed by atoms with van der Waals surface area (Å²) in [5.41, 5.74) is 2.60. The quantitative estimate of drug-likeness (QED) is 0.492. The highest BCUT2D eigenvalue weighted by Crippen LogP contribution is 2.05. The van der Waals surface area contributed by atoms with Crippen LogP contribution in [0.2, 0.25) is 0 Å². The van der Waals surface area contributed by atoms with E-state index in [2.05, 4.69) is 31.7 Å². The zero-order valence-electron chi connectivity index (χ0n) is 9.99. The second kappa shape index (κ2) is 7.89. The van der Waals surface area contributed by atoms with E-state index in [-0.39, 0.29) is 0 Å². The van der Waals surface area contributed by atoms with Crippen LogP contribution >= 0.6 is 0 Å². The maximum Gasteiger partial charge on any atom is 0.0717 e. The molecule has 1 nitrogen and oxygen atoms in total. The van der Waals surface area contributed by atoms with Gasteiger partial charge in [0, 0.05) is 0 Å². The van der Waals surface area contributed by atoms with Gasteiger partial charge in [-0.25, -0.2) is 0 Å². The lowest BCUT2D eigenvalue weighted by atomic mass is 10.2. The van der Waals surface area contributed by atoms with Crippen LogP contribution in [0.1, 0.15) is 25.3 Å². The molecule has 0 aliphatic carbocycles. The van der Waals surface area contributed by atoms with Gasteiger partial charge in [0.2, 0.25) is 0 Å². The molecule has 0 atom stereocenters. The van der Waals surface area contributed by atoms with E-state index in [0.717, 1.165) is 19.4 Å². The van der Waals surface area contributed by atoms with E-state index in [4.69, 9.17) is 4.74 Å². The molecule has 0 bridgehead atoms. The normalized spacial score (nSPS) is 11.4. The van der Waals surface area contributed by atoms with Gasteiger partial charge in [-0.15, -0.1) is 6.58 Å². The molecule has 1 aromatic rings. The Morgan fingerprint density at radius 3 is 2.75 bits per heavy atom. The van der Waals surface area contributed by atoms with Crippen LogP contribution in [0.25, 0.3) is 0 Å². The predicted octanol–water partition coefficient (Wildman–Crippen LogP) is 4.12. The van der Waals surface area contributed by atoms with E-state index in [0.29, 0.717) is 6.61 Å². The zero-order chi connectivity index (χ0) is 11.6. The summed E-state index contributed by atoms with van der Waals surface area (Å²) in [5.74, 6) is 0. The maximum absolute atomic E-state index is 5.60. The van der Waals surface area contributed by atoms with Crippen molar-refractivity contribution in [3.05, 3.63) is 60.2 Å². The molecule has 1 heteroatoms. The molecule has 0 fully saturated rings. The Kier molecular flexibility index (Phi) is 6.28. The van der Waals surface area contributed by atoms with Crippen molar-refractivity contribution in [1.29, 1.82) is 0 Å². The number of ether oxygens (including phenoxy) is 1. The lowest BCUT2D eigenvalue weighted by Crippen LogP contribution is -1.95. The average molecular weight is 216 g/mol. The summed E-state index contributed by atoms with van der Waals surface area (Å²) in [6.07, 6.45) is 6.05. The Balaban J connectivity index is 2.15. The molecular formula is C15H20O. The van der Waals surface area contributed by atoms with Gasteiger partial charge in [-0.3, -0.25) is 0 Å². The van der Waals surface area contributed by atoms with Crippen molar-refractivity contribution in [2.45, 2.75) is 26.4 Å². The van der Waals surface area contributed by atoms with Crippen molar-refractivity contribution in [2.24, 2.45) is 0 Å². The van der Waals surface area contributed by atoms with Gasteiger partial charge in [0.1, 0.15) is 0 Å². The molecule has 0 aliphatic heterocycles. The third kappa shape index (κ3) is 5.52.